The Hall–Kier alpha value is -3.04. The molecule has 0 aliphatic carbocycles. The predicted octanol–water partition coefficient (Wildman–Crippen LogP) is 0.518. The maximum absolute atomic E-state index is 13.3. The molecule has 2 unspecified atom stereocenters. The lowest BCUT2D eigenvalue weighted by atomic mass is 9.91. The number of hydrogen-bond acceptors (Lipinski definition) is 8. The van der Waals surface area contributed by atoms with E-state index in [1.165, 1.54) is 10.8 Å². The summed E-state index contributed by atoms with van der Waals surface area (Å²) >= 11 is 1.78. The Kier molecular flexibility index (Phi) is 10.00. The maximum atomic E-state index is 13.3. The molecule has 1 aliphatic rings. The van der Waals surface area contributed by atoms with Crippen LogP contribution in [-0.2, 0) is 19.1 Å². The van der Waals surface area contributed by atoms with Gasteiger partial charge in [0.2, 0.25) is 0 Å². The average molecular weight is 627 g/mol. The highest BCUT2D eigenvalue weighted by molar-refractivity contribution is 14.1. The van der Waals surface area contributed by atoms with E-state index in [0.29, 0.717) is 18.4 Å². The summed E-state index contributed by atoms with van der Waals surface area (Å²) in [5.74, 6) is -2.30. The molecule has 0 bridgehead atoms. The Labute approximate surface area is 226 Å². The van der Waals surface area contributed by atoms with E-state index in [1.54, 1.807) is 52.9 Å². The second-order valence-electron chi connectivity index (χ2n) is 8.77. The molecule has 0 amide bonds. The number of carbonyl (C=O) groups is 2. The normalized spacial score (nSPS) is 20.7. The smallest absolute Gasteiger partial charge is 0.330 e. The summed E-state index contributed by atoms with van der Waals surface area (Å²) in [5.41, 5.74) is 10.1. The fraction of sp³-hybridized carbons (Fsp3) is 0.458. The number of nitrogens with two attached hydrogens (primary N) is 2. The Morgan fingerprint density at radius 3 is 2.65 bits per heavy atom. The molecule has 3 rings (SSSR count). The van der Waals surface area contributed by atoms with Gasteiger partial charge in [0.25, 0.3) is 5.56 Å². The third-order valence-electron chi connectivity index (χ3n) is 5.97. The van der Waals surface area contributed by atoms with Crippen LogP contribution < -0.4 is 22.7 Å². The first-order chi connectivity index (χ1) is 17.6. The maximum Gasteiger partial charge on any atom is 0.330 e. The van der Waals surface area contributed by atoms with Crippen LogP contribution in [0.3, 0.4) is 0 Å². The van der Waals surface area contributed by atoms with Crippen molar-refractivity contribution in [2.45, 2.75) is 63.0 Å². The van der Waals surface area contributed by atoms with Gasteiger partial charge in [0.1, 0.15) is 24.4 Å². The minimum absolute atomic E-state index is 0.0288. The topological polar surface area (TPSA) is 192 Å². The van der Waals surface area contributed by atoms with E-state index in [4.69, 9.17) is 20.9 Å². The Morgan fingerprint density at radius 2 is 2.00 bits per heavy atom. The van der Waals surface area contributed by atoms with Gasteiger partial charge in [-0.25, -0.2) is 4.79 Å². The monoisotopic (exact) mass is 627 g/mol. The molecule has 1 aromatic heterocycles. The molecule has 1 fully saturated rings. The molecule has 2 heterocycles. The number of Topliss-reactive ketones (excluding diaryl/α,β-unsaturated/α-hetero) is 1. The summed E-state index contributed by atoms with van der Waals surface area (Å²) in [4.78, 5) is 56.7. The number of aliphatic hydroxyl groups excluding tert-OH is 1. The number of ketones is 1. The number of rotatable bonds is 11. The third kappa shape index (κ3) is 7.49. The Balaban J connectivity index is 1.75. The van der Waals surface area contributed by atoms with E-state index in [0.717, 1.165) is 0 Å². The van der Waals surface area contributed by atoms with E-state index >= 15 is 0 Å². The first-order valence-electron chi connectivity index (χ1n) is 11.7. The standard InChI is InChI=1S/C24H30IN5O7/c1-13(28-23(26)27)6-5-9-16(32)20(14-7-3-2-4-8-14)22(34)37-17-10-19(36-18(17)12-31)30-11-15(25)21(33)29-24(30)35/h2-4,7-8,11,13,17-20,31H,5-6,9-10,12H2,1H3,(H4,26,27,28)(H,29,33,35)/t13?,17-,18+,19+,20?/m0/s1. The van der Waals surface area contributed by atoms with Crippen molar-refractivity contribution in [1.82, 2.24) is 9.55 Å². The van der Waals surface area contributed by atoms with Gasteiger partial charge >= 0.3 is 11.7 Å². The molecular formula is C24H30IN5O7. The number of aliphatic hydroxyl groups is 1. The lowest BCUT2D eigenvalue weighted by molar-refractivity contribution is -0.157. The number of carbonyl (C=O) groups excluding carboxylic acids is 2. The van der Waals surface area contributed by atoms with Gasteiger partial charge in [0.15, 0.2) is 11.7 Å². The number of aromatic nitrogens is 2. The van der Waals surface area contributed by atoms with E-state index in [-0.39, 0.29) is 34.2 Å². The van der Waals surface area contributed by atoms with Crippen molar-refractivity contribution in [1.29, 1.82) is 0 Å². The number of nitrogens with zero attached hydrogens (tertiary/aromatic N) is 2. The van der Waals surface area contributed by atoms with Crippen LogP contribution in [-0.4, -0.2) is 57.2 Å². The summed E-state index contributed by atoms with van der Waals surface area (Å²) in [7, 11) is 0. The lowest BCUT2D eigenvalue weighted by Crippen LogP contribution is -2.34. The van der Waals surface area contributed by atoms with Gasteiger partial charge < -0.3 is 26.0 Å². The molecule has 37 heavy (non-hydrogen) atoms. The number of nitrogens with one attached hydrogen (secondary N) is 1. The largest absolute Gasteiger partial charge is 0.459 e. The Bertz CT molecular complexity index is 1240. The van der Waals surface area contributed by atoms with Gasteiger partial charge in [-0.2, -0.15) is 0 Å². The average Bonchev–Trinajstić information content (AvgIpc) is 3.24. The number of esters is 1. The molecule has 1 saturated heterocycles. The number of guanidine groups is 1. The summed E-state index contributed by atoms with van der Waals surface area (Å²) in [6, 6.07) is 8.39. The molecule has 0 spiro atoms. The first kappa shape index (κ1) is 28.5. The number of benzene rings is 1. The fourth-order valence-electron chi connectivity index (χ4n) is 4.19. The molecule has 200 valence electrons. The molecule has 6 N–H and O–H groups in total. The zero-order chi connectivity index (χ0) is 27.1. The number of aromatic amines is 1. The molecule has 12 nitrogen and oxygen atoms in total. The second-order valence-corrected chi connectivity index (χ2v) is 9.93. The number of aliphatic imine (C=N–C) groups is 1. The van der Waals surface area contributed by atoms with Crippen LogP contribution in [0.5, 0.6) is 0 Å². The molecule has 13 heteroatoms. The van der Waals surface area contributed by atoms with Gasteiger partial charge in [-0.1, -0.05) is 30.3 Å². The molecule has 2 aromatic rings. The number of H-pyrrole nitrogens is 1. The van der Waals surface area contributed by atoms with Gasteiger partial charge in [-0.05, 0) is 47.9 Å². The molecule has 0 saturated carbocycles. The van der Waals surface area contributed by atoms with E-state index in [1.807, 2.05) is 6.92 Å². The van der Waals surface area contributed by atoms with Crippen LogP contribution in [0.2, 0.25) is 0 Å². The van der Waals surface area contributed by atoms with Gasteiger partial charge in [-0.15, -0.1) is 0 Å². The fourth-order valence-corrected chi connectivity index (χ4v) is 4.62. The summed E-state index contributed by atoms with van der Waals surface area (Å²) < 4.78 is 12.9. The summed E-state index contributed by atoms with van der Waals surface area (Å²) in [6.07, 6.45) is -0.201. The molecule has 5 atom stereocenters. The van der Waals surface area contributed by atoms with E-state index < -0.39 is 48.2 Å². The summed E-state index contributed by atoms with van der Waals surface area (Å²) in [5, 5.41) is 9.82. The molecule has 0 radical (unpaired) electrons. The number of hydrogen-bond donors (Lipinski definition) is 4. The Morgan fingerprint density at radius 1 is 1.30 bits per heavy atom. The zero-order valence-electron chi connectivity index (χ0n) is 20.2. The number of ether oxygens (including phenoxy) is 2. The van der Waals surface area contributed by atoms with Crippen LogP contribution in [0.1, 0.15) is 50.3 Å². The quantitative estimate of drug-likeness (QED) is 0.0904. The van der Waals surface area contributed by atoms with Crippen molar-refractivity contribution in [2.75, 3.05) is 6.61 Å². The minimum Gasteiger partial charge on any atom is -0.459 e. The highest BCUT2D eigenvalue weighted by Gasteiger charge is 2.41. The van der Waals surface area contributed by atoms with Crippen LogP contribution in [0.25, 0.3) is 0 Å². The van der Waals surface area contributed by atoms with Crippen LogP contribution in [0.4, 0.5) is 0 Å². The van der Waals surface area contributed by atoms with Crippen molar-refractivity contribution < 1.29 is 24.2 Å². The van der Waals surface area contributed by atoms with E-state index in [9.17, 15) is 24.3 Å². The molecule has 1 aliphatic heterocycles. The summed E-state index contributed by atoms with van der Waals surface area (Å²) in [6.45, 7) is 1.35. The van der Waals surface area contributed by atoms with Gasteiger partial charge in [0.05, 0.1) is 16.2 Å². The van der Waals surface area contributed by atoms with E-state index in [2.05, 4.69) is 9.98 Å². The third-order valence-corrected chi connectivity index (χ3v) is 6.74. The zero-order valence-corrected chi connectivity index (χ0v) is 22.4. The van der Waals surface area contributed by atoms with Crippen molar-refractivity contribution >= 4 is 40.3 Å². The van der Waals surface area contributed by atoms with Crippen molar-refractivity contribution in [3.63, 3.8) is 0 Å². The molecular weight excluding hydrogens is 597 g/mol. The van der Waals surface area contributed by atoms with Gasteiger partial charge in [-0.3, -0.25) is 28.9 Å². The van der Waals surface area contributed by atoms with Gasteiger partial charge in [0, 0.05) is 19.0 Å². The number of halogens is 1. The minimum atomic E-state index is -1.17. The first-order valence-corrected chi connectivity index (χ1v) is 12.8. The van der Waals surface area contributed by atoms with Crippen molar-refractivity contribution in [2.24, 2.45) is 16.5 Å². The highest BCUT2D eigenvalue weighted by Crippen LogP contribution is 2.32. The predicted molar refractivity (Wildman–Crippen MR) is 143 cm³/mol. The van der Waals surface area contributed by atoms with Crippen LogP contribution >= 0.6 is 22.6 Å². The lowest BCUT2D eigenvalue weighted by Gasteiger charge is -2.21. The van der Waals surface area contributed by atoms with Crippen molar-refractivity contribution in [3.05, 3.63) is 66.5 Å². The van der Waals surface area contributed by atoms with Crippen LogP contribution in [0.15, 0.2) is 51.1 Å². The molecule has 1 aromatic carbocycles. The SMILES string of the molecule is CC(CCCC(=O)C(C(=O)O[C@H]1C[C@H](n2cc(I)c(=O)[nH]c2=O)O[C@@H]1CO)c1ccccc1)N=C(N)N. The highest BCUT2D eigenvalue weighted by atomic mass is 127. The second kappa shape index (κ2) is 13.0. The van der Waals surface area contributed by atoms with Crippen molar-refractivity contribution in [3.8, 4) is 0 Å². The van der Waals surface area contributed by atoms with Crippen LogP contribution in [0, 0.1) is 3.57 Å².